The van der Waals surface area contributed by atoms with Gasteiger partial charge in [-0.05, 0) is 18.2 Å². The molecule has 2 aromatic rings. The van der Waals surface area contributed by atoms with Gasteiger partial charge in [-0.3, -0.25) is 14.5 Å². The van der Waals surface area contributed by atoms with Crippen LogP contribution >= 0.6 is 0 Å². The highest BCUT2D eigenvalue weighted by atomic mass is 16.3. The van der Waals surface area contributed by atoms with Crippen LogP contribution in [0.15, 0.2) is 42.7 Å². The van der Waals surface area contributed by atoms with Crippen LogP contribution < -0.4 is 0 Å². The summed E-state index contributed by atoms with van der Waals surface area (Å²) in [7, 11) is 0. The first kappa shape index (κ1) is 13.1. The molecule has 1 aromatic heterocycles. The molecule has 1 aliphatic heterocycles. The molecule has 2 amide bonds. The largest absolute Gasteiger partial charge is 0.393 e. The lowest BCUT2D eigenvalue weighted by Crippen LogP contribution is -2.59. The van der Waals surface area contributed by atoms with E-state index < -0.39 is 11.6 Å². The molecule has 1 N–H and O–H groups in total. The molecule has 0 radical (unpaired) electrons. The van der Waals surface area contributed by atoms with E-state index in [0.717, 1.165) is 0 Å². The predicted molar refractivity (Wildman–Crippen MR) is 75.9 cm³/mol. The number of hydrogen-bond acceptors (Lipinski definition) is 5. The van der Waals surface area contributed by atoms with Crippen molar-refractivity contribution in [3.8, 4) is 0 Å². The molecule has 22 heavy (non-hydrogen) atoms. The Labute approximate surface area is 126 Å². The maximum absolute atomic E-state index is 12.7. The molecule has 1 aliphatic carbocycles. The Hall–Kier alpha value is -2.60. The first-order chi connectivity index (χ1) is 10.6. The first-order valence-electron chi connectivity index (χ1n) is 7.07. The number of nitrogens with zero attached hydrogens (tertiary/aromatic N) is 3. The van der Waals surface area contributed by atoms with Crippen molar-refractivity contribution < 1.29 is 14.7 Å². The van der Waals surface area contributed by atoms with Gasteiger partial charge < -0.3 is 5.11 Å². The molecule has 0 atom stereocenters. The van der Waals surface area contributed by atoms with E-state index in [2.05, 4.69) is 9.97 Å². The normalized spacial score (nSPS) is 26.8. The number of carbonyl (C=O) groups is 2. The van der Waals surface area contributed by atoms with Crippen molar-refractivity contribution in [1.29, 1.82) is 0 Å². The van der Waals surface area contributed by atoms with Crippen molar-refractivity contribution in [1.82, 2.24) is 14.9 Å². The van der Waals surface area contributed by atoms with Crippen LogP contribution in [0.25, 0.3) is 0 Å². The summed E-state index contributed by atoms with van der Waals surface area (Å²) in [5.74, 6) is -0.297. The number of fused-ring (bicyclic) bond motifs is 1. The monoisotopic (exact) mass is 295 g/mol. The fourth-order valence-electron chi connectivity index (χ4n) is 3.30. The molecule has 6 nitrogen and oxygen atoms in total. The SMILES string of the molecule is O=C1c2ccccc2C(=O)N1C1(c2ncccn2)CC(O)C1. The van der Waals surface area contributed by atoms with Crippen LogP contribution in [0.2, 0.25) is 0 Å². The molecule has 0 bridgehead atoms. The van der Waals surface area contributed by atoms with Gasteiger partial charge in [-0.1, -0.05) is 12.1 Å². The third kappa shape index (κ3) is 1.58. The summed E-state index contributed by atoms with van der Waals surface area (Å²) in [5, 5.41) is 9.79. The predicted octanol–water partition coefficient (Wildman–Crippen LogP) is 1.12. The highest BCUT2D eigenvalue weighted by molar-refractivity contribution is 6.21. The van der Waals surface area contributed by atoms with Crippen molar-refractivity contribution in [2.75, 3.05) is 0 Å². The zero-order chi connectivity index (χ0) is 15.3. The minimum absolute atomic E-state index is 0.266. The molecule has 4 rings (SSSR count). The maximum atomic E-state index is 12.7. The van der Waals surface area contributed by atoms with Gasteiger partial charge in [0.25, 0.3) is 11.8 Å². The lowest BCUT2D eigenvalue weighted by molar-refractivity contribution is -0.0552. The van der Waals surface area contributed by atoms with Gasteiger partial charge in [-0.2, -0.15) is 0 Å². The Morgan fingerprint density at radius 2 is 1.55 bits per heavy atom. The third-order valence-electron chi connectivity index (χ3n) is 4.35. The molecule has 0 saturated heterocycles. The van der Waals surface area contributed by atoms with E-state index >= 15 is 0 Å². The second-order valence-corrected chi connectivity index (χ2v) is 5.66. The molecular formula is C16H13N3O3. The van der Waals surface area contributed by atoms with E-state index in [9.17, 15) is 14.7 Å². The van der Waals surface area contributed by atoms with Gasteiger partial charge in [-0.25, -0.2) is 9.97 Å². The lowest BCUT2D eigenvalue weighted by atomic mass is 9.72. The molecule has 1 fully saturated rings. The van der Waals surface area contributed by atoms with E-state index in [0.29, 0.717) is 17.0 Å². The molecule has 0 unspecified atom stereocenters. The summed E-state index contributed by atoms with van der Waals surface area (Å²) < 4.78 is 0. The standard InChI is InChI=1S/C16H13N3O3/c20-10-8-16(9-10,15-17-6-3-7-18-15)19-13(21)11-4-1-2-5-12(11)14(19)22/h1-7,10,20H,8-9H2. The summed E-state index contributed by atoms with van der Waals surface area (Å²) in [5.41, 5.74) is -0.165. The molecule has 1 aromatic carbocycles. The van der Waals surface area contributed by atoms with Crippen molar-refractivity contribution >= 4 is 11.8 Å². The second kappa shape index (κ2) is 4.45. The molecule has 0 spiro atoms. The van der Waals surface area contributed by atoms with Crippen molar-refractivity contribution in [2.45, 2.75) is 24.5 Å². The van der Waals surface area contributed by atoms with E-state index in [1.165, 1.54) is 4.90 Å². The van der Waals surface area contributed by atoms with Gasteiger partial charge in [0.1, 0.15) is 5.54 Å². The highest BCUT2D eigenvalue weighted by Gasteiger charge is 2.58. The fraction of sp³-hybridized carbons (Fsp3) is 0.250. The maximum Gasteiger partial charge on any atom is 0.262 e. The number of hydrogen-bond donors (Lipinski definition) is 1. The lowest BCUT2D eigenvalue weighted by Gasteiger charge is -2.48. The Kier molecular flexibility index (Phi) is 2.65. The Balaban J connectivity index is 1.84. The molecule has 6 heteroatoms. The number of rotatable bonds is 2. The third-order valence-corrected chi connectivity index (χ3v) is 4.35. The van der Waals surface area contributed by atoms with Crippen molar-refractivity contribution in [2.24, 2.45) is 0 Å². The van der Waals surface area contributed by atoms with Crippen LogP contribution in [0, 0.1) is 0 Å². The number of carbonyl (C=O) groups excluding carboxylic acids is 2. The Bertz CT molecular complexity index is 734. The molecular weight excluding hydrogens is 282 g/mol. The van der Waals surface area contributed by atoms with Gasteiger partial charge in [0.15, 0.2) is 5.82 Å². The highest BCUT2D eigenvalue weighted by Crippen LogP contribution is 2.48. The van der Waals surface area contributed by atoms with E-state index in [4.69, 9.17) is 0 Å². The number of aliphatic hydroxyl groups excluding tert-OH is 1. The van der Waals surface area contributed by atoms with Crippen LogP contribution in [-0.2, 0) is 5.54 Å². The Morgan fingerprint density at radius 3 is 2.05 bits per heavy atom. The van der Waals surface area contributed by atoms with Gasteiger partial charge in [0.2, 0.25) is 0 Å². The number of amides is 2. The van der Waals surface area contributed by atoms with Gasteiger partial charge in [-0.15, -0.1) is 0 Å². The molecule has 2 heterocycles. The van der Waals surface area contributed by atoms with Crippen LogP contribution in [-0.4, -0.2) is 37.9 Å². The van der Waals surface area contributed by atoms with Crippen molar-refractivity contribution in [3.05, 3.63) is 59.7 Å². The van der Waals surface area contributed by atoms with Crippen LogP contribution in [0.5, 0.6) is 0 Å². The smallest absolute Gasteiger partial charge is 0.262 e. The topological polar surface area (TPSA) is 83.4 Å². The first-order valence-corrected chi connectivity index (χ1v) is 7.07. The van der Waals surface area contributed by atoms with E-state index in [1.54, 1.807) is 42.7 Å². The minimum Gasteiger partial charge on any atom is -0.393 e. The van der Waals surface area contributed by atoms with Crippen LogP contribution in [0.4, 0.5) is 0 Å². The van der Waals surface area contributed by atoms with Crippen LogP contribution in [0.1, 0.15) is 39.4 Å². The quantitative estimate of drug-likeness (QED) is 0.839. The van der Waals surface area contributed by atoms with Crippen molar-refractivity contribution in [3.63, 3.8) is 0 Å². The Morgan fingerprint density at radius 1 is 1.00 bits per heavy atom. The second-order valence-electron chi connectivity index (χ2n) is 5.66. The molecule has 2 aliphatic rings. The average molecular weight is 295 g/mol. The summed E-state index contributed by atoms with van der Waals surface area (Å²) in [6.45, 7) is 0. The number of benzene rings is 1. The minimum atomic E-state index is -0.951. The number of aromatic nitrogens is 2. The van der Waals surface area contributed by atoms with E-state index in [1.807, 2.05) is 0 Å². The van der Waals surface area contributed by atoms with Gasteiger partial charge in [0, 0.05) is 25.2 Å². The summed E-state index contributed by atoms with van der Waals surface area (Å²) >= 11 is 0. The number of imide groups is 1. The summed E-state index contributed by atoms with van der Waals surface area (Å²) in [6, 6.07) is 8.42. The molecule has 1 saturated carbocycles. The van der Waals surface area contributed by atoms with Crippen LogP contribution in [0.3, 0.4) is 0 Å². The summed E-state index contributed by atoms with van der Waals surface area (Å²) in [6.07, 6.45) is 3.12. The van der Waals surface area contributed by atoms with Gasteiger partial charge in [0.05, 0.1) is 17.2 Å². The zero-order valence-corrected chi connectivity index (χ0v) is 11.6. The zero-order valence-electron chi connectivity index (χ0n) is 11.6. The number of aliphatic hydroxyl groups is 1. The van der Waals surface area contributed by atoms with Gasteiger partial charge >= 0.3 is 0 Å². The van der Waals surface area contributed by atoms with E-state index in [-0.39, 0.29) is 24.7 Å². The summed E-state index contributed by atoms with van der Waals surface area (Å²) in [4.78, 5) is 35.0. The fourth-order valence-corrected chi connectivity index (χ4v) is 3.30. The molecule has 110 valence electrons. The average Bonchev–Trinajstić information content (AvgIpc) is 2.77.